The standard InChI is InChI=1S/C16H16N4O4/c1-19-8-11(6-17-19)18-16(22)10-4-15(21)20(7-10)12-2-3-13-14(5-12)24-9-23-13/h2-3,5-6,8,10H,4,7,9H2,1H3,(H,18,22)/t10-/m1/s1. The summed E-state index contributed by atoms with van der Waals surface area (Å²) in [5.41, 5.74) is 1.33. The molecule has 1 fully saturated rings. The van der Waals surface area contributed by atoms with Crippen LogP contribution in [0.15, 0.2) is 30.6 Å². The maximum Gasteiger partial charge on any atom is 0.231 e. The average Bonchev–Trinajstić information content (AvgIpc) is 3.26. The maximum atomic E-state index is 12.4. The Balaban J connectivity index is 1.47. The largest absolute Gasteiger partial charge is 0.454 e. The molecule has 1 atom stereocenters. The summed E-state index contributed by atoms with van der Waals surface area (Å²) in [4.78, 5) is 26.3. The predicted octanol–water partition coefficient (Wildman–Crippen LogP) is 1.14. The molecule has 0 bridgehead atoms. The Morgan fingerprint density at radius 3 is 2.96 bits per heavy atom. The molecular weight excluding hydrogens is 312 g/mol. The maximum absolute atomic E-state index is 12.4. The van der Waals surface area contributed by atoms with Crippen molar-refractivity contribution in [2.24, 2.45) is 13.0 Å². The third-order valence-corrected chi connectivity index (χ3v) is 4.14. The number of amides is 2. The van der Waals surface area contributed by atoms with Crippen LogP contribution in [0.1, 0.15) is 6.42 Å². The van der Waals surface area contributed by atoms with Gasteiger partial charge in [-0.15, -0.1) is 0 Å². The van der Waals surface area contributed by atoms with Crippen molar-refractivity contribution in [1.82, 2.24) is 9.78 Å². The molecule has 24 heavy (non-hydrogen) atoms. The van der Waals surface area contributed by atoms with Gasteiger partial charge in [0, 0.05) is 38.0 Å². The van der Waals surface area contributed by atoms with Crippen LogP contribution < -0.4 is 19.7 Å². The summed E-state index contributed by atoms with van der Waals surface area (Å²) in [6.45, 7) is 0.521. The van der Waals surface area contributed by atoms with Crippen molar-refractivity contribution < 1.29 is 19.1 Å². The van der Waals surface area contributed by atoms with E-state index < -0.39 is 5.92 Å². The lowest BCUT2D eigenvalue weighted by molar-refractivity contribution is -0.122. The van der Waals surface area contributed by atoms with Gasteiger partial charge in [0.05, 0.1) is 17.8 Å². The zero-order valence-corrected chi connectivity index (χ0v) is 13.1. The second kappa shape index (κ2) is 5.55. The summed E-state index contributed by atoms with van der Waals surface area (Å²) in [6, 6.07) is 5.34. The van der Waals surface area contributed by atoms with Crippen molar-refractivity contribution in [3.05, 3.63) is 30.6 Å². The van der Waals surface area contributed by atoms with E-state index in [4.69, 9.17) is 9.47 Å². The molecule has 1 N–H and O–H groups in total. The number of nitrogens with zero attached hydrogens (tertiary/aromatic N) is 3. The van der Waals surface area contributed by atoms with Gasteiger partial charge in [0.25, 0.3) is 0 Å². The molecule has 1 saturated heterocycles. The first-order valence-corrected chi connectivity index (χ1v) is 7.60. The molecule has 1 aromatic heterocycles. The first-order chi connectivity index (χ1) is 11.6. The number of aryl methyl sites for hydroxylation is 1. The molecule has 2 aromatic rings. The van der Waals surface area contributed by atoms with Crippen molar-refractivity contribution in [2.45, 2.75) is 6.42 Å². The molecule has 8 nitrogen and oxygen atoms in total. The minimum Gasteiger partial charge on any atom is -0.454 e. The van der Waals surface area contributed by atoms with E-state index in [1.807, 2.05) is 0 Å². The molecule has 124 valence electrons. The fraction of sp³-hybridized carbons (Fsp3) is 0.312. The highest BCUT2D eigenvalue weighted by molar-refractivity contribution is 6.03. The van der Waals surface area contributed by atoms with E-state index in [0.717, 1.165) is 0 Å². The molecule has 4 rings (SSSR count). The molecule has 2 amide bonds. The number of carbonyl (C=O) groups excluding carboxylic acids is 2. The van der Waals surface area contributed by atoms with Crippen molar-refractivity contribution >= 4 is 23.2 Å². The van der Waals surface area contributed by atoms with E-state index in [9.17, 15) is 9.59 Å². The van der Waals surface area contributed by atoms with Crippen LogP contribution in [-0.2, 0) is 16.6 Å². The first-order valence-electron chi connectivity index (χ1n) is 7.60. The Morgan fingerprint density at radius 1 is 1.33 bits per heavy atom. The summed E-state index contributed by atoms with van der Waals surface area (Å²) in [5.74, 6) is 0.614. The van der Waals surface area contributed by atoms with Gasteiger partial charge in [0.1, 0.15) is 0 Å². The fourth-order valence-electron chi connectivity index (χ4n) is 2.92. The number of rotatable bonds is 3. The molecular formula is C16H16N4O4. The molecule has 2 aliphatic heterocycles. The number of hydrogen-bond acceptors (Lipinski definition) is 5. The molecule has 1 aromatic carbocycles. The van der Waals surface area contributed by atoms with Gasteiger partial charge in [0.2, 0.25) is 18.6 Å². The molecule has 0 unspecified atom stereocenters. The van der Waals surface area contributed by atoms with Crippen LogP contribution in [-0.4, -0.2) is 34.9 Å². The zero-order valence-electron chi connectivity index (χ0n) is 13.1. The number of hydrogen-bond donors (Lipinski definition) is 1. The zero-order chi connectivity index (χ0) is 16.7. The lowest BCUT2D eigenvalue weighted by Gasteiger charge is -2.17. The minimum absolute atomic E-state index is 0.0831. The van der Waals surface area contributed by atoms with Crippen molar-refractivity contribution in [3.63, 3.8) is 0 Å². The van der Waals surface area contributed by atoms with Crippen LogP contribution in [0.25, 0.3) is 0 Å². The van der Waals surface area contributed by atoms with E-state index >= 15 is 0 Å². The third kappa shape index (κ3) is 2.55. The van der Waals surface area contributed by atoms with Crippen LogP contribution in [0.3, 0.4) is 0 Å². The Labute approximate surface area is 137 Å². The number of anilines is 2. The molecule has 0 spiro atoms. The third-order valence-electron chi connectivity index (χ3n) is 4.14. The highest BCUT2D eigenvalue weighted by atomic mass is 16.7. The van der Waals surface area contributed by atoms with E-state index in [1.165, 1.54) is 0 Å². The fourth-order valence-corrected chi connectivity index (χ4v) is 2.92. The van der Waals surface area contributed by atoms with Crippen LogP contribution in [0.5, 0.6) is 11.5 Å². The summed E-state index contributed by atoms with van der Waals surface area (Å²) in [5, 5.41) is 6.80. The first kappa shape index (κ1) is 14.6. The average molecular weight is 328 g/mol. The van der Waals surface area contributed by atoms with Gasteiger partial charge >= 0.3 is 0 Å². The summed E-state index contributed by atoms with van der Waals surface area (Å²) in [6.07, 6.45) is 3.47. The number of ether oxygens (including phenoxy) is 2. The van der Waals surface area contributed by atoms with Gasteiger partial charge in [-0.3, -0.25) is 14.3 Å². The number of aromatic nitrogens is 2. The van der Waals surface area contributed by atoms with E-state index in [1.54, 1.807) is 47.2 Å². The van der Waals surface area contributed by atoms with E-state index in [0.29, 0.717) is 29.4 Å². The number of benzene rings is 1. The van der Waals surface area contributed by atoms with Gasteiger partial charge in [-0.2, -0.15) is 5.10 Å². The van der Waals surface area contributed by atoms with Gasteiger partial charge in [0.15, 0.2) is 11.5 Å². The van der Waals surface area contributed by atoms with Crippen molar-refractivity contribution in [1.29, 1.82) is 0 Å². The molecule has 0 radical (unpaired) electrons. The van der Waals surface area contributed by atoms with Crippen LogP contribution in [0.4, 0.5) is 11.4 Å². The van der Waals surface area contributed by atoms with Crippen LogP contribution >= 0.6 is 0 Å². The summed E-state index contributed by atoms with van der Waals surface area (Å²) in [7, 11) is 1.77. The molecule has 0 aliphatic carbocycles. The second-order valence-corrected chi connectivity index (χ2v) is 5.83. The number of nitrogens with one attached hydrogen (secondary N) is 1. The lowest BCUT2D eigenvalue weighted by Crippen LogP contribution is -2.28. The Hall–Kier alpha value is -3.03. The molecule has 8 heteroatoms. The predicted molar refractivity (Wildman–Crippen MR) is 84.9 cm³/mol. The highest BCUT2D eigenvalue weighted by Gasteiger charge is 2.35. The van der Waals surface area contributed by atoms with E-state index in [-0.39, 0.29) is 25.0 Å². The number of fused-ring (bicyclic) bond motifs is 1. The van der Waals surface area contributed by atoms with Gasteiger partial charge in [-0.05, 0) is 12.1 Å². The Morgan fingerprint density at radius 2 is 2.17 bits per heavy atom. The van der Waals surface area contributed by atoms with Crippen molar-refractivity contribution in [3.8, 4) is 11.5 Å². The van der Waals surface area contributed by atoms with Gasteiger partial charge < -0.3 is 19.7 Å². The molecule has 2 aliphatic rings. The van der Waals surface area contributed by atoms with E-state index in [2.05, 4.69) is 10.4 Å². The smallest absolute Gasteiger partial charge is 0.231 e. The molecule has 3 heterocycles. The normalized spacial score (nSPS) is 19.0. The quantitative estimate of drug-likeness (QED) is 0.913. The topological polar surface area (TPSA) is 85.7 Å². The Kier molecular flexibility index (Phi) is 3.37. The summed E-state index contributed by atoms with van der Waals surface area (Å²) >= 11 is 0. The summed E-state index contributed by atoms with van der Waals surface area (Å²) < 4.78 is 12.2. The van der Waals surface area contributed by atoms with Gasteiger partial charge in [-0.1, -0.05) is 0 Å². The monoisotopic (exact) mass is 328 g/mol. The SMILES string of the molecule is Cn1cc(NC(=O)[C@@H]2CC(=O)N(c3ccc4c(c3)OCO4)C2)cn1. The van der Waals surface area contributed by atoms with Gasteiger partial charge in [-0.25, -0.2) is 0 Å². The van der Waals surface area contributed by atoms with Crippen molar-refractivity contribution in [2.75, 3.05) is 23.6 Å². The van der Waals surface area contributed by atoms with Crippen LogP contribution in [0, 0.1) is 5.92 Å². The highest BCUT2D eigenvalue weighted by Crippen LogP contribution is 2.37. The molecule has 0 saturated carbocycles. The minimum atomic E-state index is -0.400. The lowest BCUT2D eigenvalue weighted by atomic mass is 10.1. The Bertz CT molecular complexity index is 816. The number of carbonyl (C=O) groups is 2. The second-order valence-electron chi connectivity index (χ2n) is 5.83. The van der Waals surface area contributed by atoms with Crippen LogP contribution in [0.2, 0.25) is 0 Å².